The van der Waals surface area contributed by atoms with Crippen molar-refractivity contribution >= 4 is 0 Å². The van der Waals surface area contributed by atoms with Gasteiger partial charge in [-0.05, 0) is 18.1 Å². The molecule has 1 N–H and O–H groups in total. The summed E-state index contributed by atoms with van der Waals surface area (Å²) in [4.78, 5) is 6.79. The van der Waals surface area contributed by atoms with E-state index in [1.165, 1.54) is 5.56 Å². The fraction of sp³-hybridized carbons (Fsp3) is 0.643. The highest BCUT2D eigenvalue weighted by molar-refractivity contribution is 5.13. The van der Waals surface area contributed by atoms with Crippen LogP contribution in [0.1, 0.15) is 18.2 Å². The normalized spacial score (nSPS) is 21.8. The van der Waals surface area contributed by atoms with E-state index < -0.39 is 0 Å². The molecule has 0 aliphatic carbocycles. The number of aryl methyl sites for hydroxylation is 1. The molecule has 4 nitrogen and oxygen atoms in total. The lowest BCUT2D eigenvalue weighted by molar-refractivity contribution is 0.0958. The molecule has 0 radical (unpaired) electrons. The van der Waals surface area contributed by atoms with Crippen LogP contribution in [0.2, 0.25) is 0 Å². The van der Waals surface area contributed by atoms with E-state index in [-0.39, 0.29) is 12.5 Å². The molecule has 1 aliphatic rings. The summed E-state index contributed by atoms with van der Waals surface area (Å²) in [5.41, 5.74) is 2.36. The number of pyridine rings is 1. The molecule has 1 atom stereocenters. The lowest BCUT2D eigenvalue weighted by atomic mass is 10.1. The first kappa shape index (κ1) is 13.5. The van der Waals surface area contributed by atoms with E-state index in [1.54, 1.807) is 0 Å². The standard InChI is InChI=1S/C14H22N2O2/c1-2-12-3-4-14(15-7-12)9-16-5-6-18-11-13(8-16)10-17/h3-4,7,13,17H,2,5-6,8-11H2,1H3/t13-/m0/s1. The summed E-state index contributed by atoms with van der Waals surface area (Å²) in [6.07, 6.45) is 2.98. The molecule has 0 aromatic carbocycles. The topological polar surface area (TPSA) is 45.6 Å². The molecule has 1 fully saturated rings. The van der Waals surface area contributed by atoms with Gasteiger partial charge in [0.15, 0.2) is 0 Å². The molecule has 0 spiro atoms. The van der Waals surface area contributed by atoms with Gasteiger partial charge in [0, 0.05) is 38.4 Å². The first-order valence-electron chi connectivity index (χ1n) is 6.66. The highest BCUT2D eigenvalue weighted by Gasteiger charge is 2.18. The highest BCUT2D eigenvalue weighted by Crippen LogP contribution is 2.10. The minimum absolute atomic E-state index is 0.193. The number of rotatable bonds is 4. The molecule has 0 saturated carbocycles. The van der Waals surface area contributed by atoms with Crippen LogP contribution >= 0.6 is 0 Å². The van der Waals surface area contributed by atoms with Gasteiger partial charge in [0.2, 0.25) is 0 Å². The van der Waals surface area contributed by atoms with E-state index in [2.05, 4.69) is 28.9 Å². The average molecular weight is 250 g/mol. The van der Waals surface area contributed by atoms with Gasteiger partial charge in [-0.3, -0.25) is 9.88 Å². The zero-order valence-corrected chi connectivity index (χ0v) is 11.0. The molecule has 1 aromatic rings. The molecule has 0 bridgehead atoms. The van der Waals surface area contributed by atoms with Gasteiger partial charge in [0.25, 0.3) is 0 Å². The van der Waals surface area contributed by atoms with E-state index in [1.807, 2.05) is 6.20 Å². The molecular weight excluding hydrogens is 228 g/mol. The van der Waals surface area contributed by atoms with Crippen molar-refractivity contribution in [2.75, 3.05) is 32.9 Å². The van der Waals surface area contributed by atoms with Gasteiger partial charge < -0.3 is 9.84 Å². The fourth-order valence-corrected chi connectivity index (χ4v) is 2.19. The Labute approximate surface area is 109 Å². The Morgan fingerprint density at radius 1 is 1.50 bits per heavy atom. The third kappa shape index (κ3) is 3.77. The molecule has 0 amide bonds. The zero-order chi connectivity index (χ0) is 12.8. The monoisotopic (exact) mass is 250 g/mol. The summed E-state index contributed by atoms with van der Waals surface area (Å²) in [6.45, 7) is 6.36. The minimum atomic E-state index is 0.193. The van der Waals surface area contributed by atoms with Crippen LogP contribution in [-0.2, 0) is 17.7 Å². The second-order valence-electron chi connectivity index (χ2n) is 4.87. The number of aliphatic hydroxyl groups excluding tert-OH is 1. The number of nitrogens with zero attached hydrogens (tertiary/aromatic N) is 2. The third-order valence-electron chi connectivity index (χ3n) is 3.36. The molecular formula is C14H22N2O2. The van der Waals surface area contributed by atoms with E-state index >= 15 is 0 Å². The summed E-state index contributed by atoms with van der Waals surface area (Å²) in [5.74, 6) is 0.224. The Bertz CT molecular complexity index is 353. The van der Waals surface area contributed by atoms with Crippen molar-refractivity contribution in [1.82, 2.24) is 9.88 Å². The van der Waals surface area contributed by atoms with Crippen molar-refractivity contribution in [3.8, 4) is 0 Å². The smallest absolute Gasteiger partial charge is 0.0593 e. The average Bonchev–Trinajstić information content (AvgIpc) is 2.65. The second kappa shape index (κ2) is 6.83. The Kier molecular flexibility index (Phi) is 5.11. The molecule has 1 aliphatic heterocycles. The first-order valence-corrected chi connectivity index (χ1v) is 6.66. The van der Waals surface area contributed by atoms with Crippen molar-refractivity contribution in [2.45, 2.75) is 19.9 Å². The van der Waals surface area contributed by atoms with Crippen LogP contribution in [0.15, 0.2) is 18.3 Å². The second-order valence-corrected chi connectivity index (χ2v) is 4.87. The molecule has 0 unspecified atom stereocenters. The Morgan fingerprint density at radius 3 is 3.06 bits per heavy atom. The number of hydrogen-bond acceptors (Lipinski definition) is 4. The van der Waals surface area contributed by atoms with Gasteiger partial charge in [-0.2, -0.15) is 0 Å². The largest absolute Gasteiger partial charge is 0.396 e. The van der Waals surface area contributed by atoms with Crippen LogP contribution in [0.3, 0.4) is 0 Å². The maximum absolute atomic E-state index is 9.25. The summed E-state index contributed by atoms with van der Waals surface area (Å²) in [6, 6.07) is 4.23. The van der Waals surface area contributed by atoms with Crippen LogP contribution in [0.5, 0.6) is 0 Å². The van der Waals surface area contributed by atoms with Crippen LogP contribution < -0.4 is 0 Å². The SMILES string of the molecule is CCc1ccc(CN2CCOC[C@H](CO)C2)nc1. The van der Waals surface area contributed by atoms with E-state index in [0.717, 1.165) is 38.4 Å². The van der Waals surface area contributed by atoms with Crippen LogP contribution in [0.4, 0.5) is 0 Å². The lowest BCUT2D eigenvalue weighted by Gasteiger charge is -2.21. The van der Waals surface area contributed by atoms with Crippen molar-refractivity contribution < 1.29 is 9.84 Å². The van der Waals surface area contributed by atoms with Crippen molar-refractivity contribution in [1.29, 1.82) is 0 Å². The van der Waals surface area contributed by atoms with E-state index in [9.17, 15) is 5.11 Å². The number of aromatic nitrogens is 1. The summed E-state index contributed by atoms with van der Waals surface area (Å²) < 4.78 is 5.48. The highest BCUT2D eigenvalue weighted by atomic mass is 16.5. The van der Waals surface area contributed by atoms with Crippen molar-refractivity contribution in [2.24, 2.45) is 5.92 Å². The van der Waals surface area contributed by atoms with E-state index in [4.69, 9.17) is 4.74 Å². The molecule has 1 aromatic heterocycles. The van der Waals surface area contributed by atoms with Crippen LogP contribution in [-0.4, -0.2) is 47.9 Å². The van der Waals surface area contributed by atoms with Gasteiger partial charge >= 0.3 is 0 Å². The minimum Gasteiger partial charge on any atom is -0.396 e. The first-order chi connectivity index (χ1) is 8.81. The zero-order valence-electron chi connectivity index (χ0n) is 11.0. The summed E-state index contributed by atoms with van der Waals surface area (Å²) >= 11 is 0. The van der Waals surface area contributed by atoms with Gasteiger partial charge in [-0.15, -0.1) is 0 Å². The number of hydrogen-bond donors (Lipinski definition) is 1. The predicted octanol–water partition coefficient (Wildman–Crippen LogP) is 1.08. The molecule has 4 heteroatoms. The number of ether oxygens (including phenoxy) is 1. The summed E-state index contributed by atoms with van der Waals surface area (Å²) in [5, 5.41) is 9.25. The number of aliphatic hydroxyl groups is 1. The van der Waals surface area contributed by atoms with E-state index in [0.29, 0.717) is 6.61 Å². The van der Waals surface area contributed by atoms with Gasteiger partial charge in [-0.1, -0.05) is 13.0 Å². The Hall–Kier alpha value is -0.970. The van der Waals surface area contributed by atoms with Crippen LogP contribution in [0, 0.1) is 5.92 Å². The lowest BCUT2D eigenvalue weighted by Crippen LogP contribution is -2.31. The molecule has 18 heavy (non-hydrogen) atoms. The van der Waals surface area contributed by atoms with Gasteiger partial charge in [0.05, 0.1) is 18.9 Å². The maximum atomic E-state index is 9.25. The Morgan fingerprint density at radius 2 is 2.39 bits per heavy atom. The van der Waals surface area contributed by atoms with Crippen molar-refractivity contribution in [3.63, 3.8) is 0 Å². The third-order valence-corrected chi connectivity index (χ3v) is 3.36. The fourth-order valence-electron chi connectivity index (χ4n) is 2.19. The quantitative estimate of drug-likeness (QED) is 0.868. The van der Waals surface area contributed by atoms with Gasteiger partial charge in [0.1, 0.15) is 0 Å². The summed E-state index contributed by atoms with van der Waals surface area (Å²) in [7, 11) is 0. The van der Waals surface area contributed by atoms with Gasteiger partial charge in [-0.25, -0.2) is 0 Å². The Balaban J connectivity index is 1.93. The molecule has 1 saturated heterocycles. The van der Waals surface area contributed by atoms with Crippen molar-refractivity contribution in [3.05, 3.63) is 29.6 Å². The molecule has 100 valence electrons. The molecule has 2 heterocycles. The maximum Gasteiger partial charge on any atom is 0.0593 e. The predicted molar refractivity (Wildman–Crippen MR) is 70.3 cm³/mol. The van der Waals surface area contributed by atoms with Crippen LogP contribution in [0.25, 0.3) is 0 Å². The molecule has 2 rings (SSSR count).